The van der Waals surface area contributed by atoms with E-state index in [-0.39, 0.29) is 29.7 Å². The molecule has 4 bridgehead atoms. The predicted octanol–water partition coefficient (Wildman–Crippen LogP) is 3.00. The largest absolute Gasteiger partial charge is 0.459 e. The van der Waals surface area contributed by atoms with Crippen LogP contribution in [0.15, 0.2) is 28.0 Å². The number of hydrogen-bond acceptors (Lipinski definition) is 6. The van der Waals surface area contributed by atoms with E-state index in [1.165, 1.54) is 37.3 Å². The Balaban J connectivity index is 1.16. The van der Waals surface area contributed by atoms with Gasteiger partial charge in [0.1, 0.15) is 0 Å². The second-order valence-electron chi connectivity index (χ2n) is 9.34. The quantitative estimate of drug-likeness (QED) is 0.608. The summed E-state index contributed by atoms with van der Waals surface area (Å²) in [5.74, 6) is 3.47. The molecule has 0 aliphatic heterocycles. The summed E-state index contributed by atoms with van der Waals surface area (Å²) >= 11 is 1.41. The molecule has 0 aromatic carbocycles. The number of carbonyl (C=O) groups excluding carboxylic acids is 2. The Morgan fingerprint density at radius 3 is 2.52 bits per heavy atom. The number of thioether (sulfide) groups is 1. The summed E-state index contributed by atoms with van der Waals surface area (Å²) in [6.45, 7) is 2.92. The first-order chi connectivity index (χ1) is 15.0. The smallest absolute Gasteiger partial charge is 0.287 e. The molecule has 8 nitrogen and oxygen atoms in total. The Morgan fingerprint density at radius 2 is 1.90 bits per heavy atom. The number of rotatable bonds is 8. The van der Waals surface area contributed by atoms with Crippen molar-refractivity contribution in [1.29, 1.82) is 0 Å². The van der Waals surface area contributed by atoms with Gasteiger partial charge in [0.25, 0.3) is 5.91 Å². The van der Waals surface area contributed by atoms with Gasteiger partial charge in [0, 0.05) is 12.1 Å². The fourth-order valence-electron chi connectivity index (χ4n) is 6.25. The third-order valence-electron chi connectivity index (χ3n) is 7.04. The fourth-order valence-corrected chi connectivity index (χ4v) is 7.08. The number of amides is 2. The normalized spacial score (nSPS) is 28.6. The van der Waals surface area contributed by atoms with E-state index >= 15 is 0 Å². The highest BCUT2D eigenvalue weighted by Gasteiger charge is 2.51. The first-order valence-corrected chi connectivity index (χ1v) is 12.2. The third kappa shape index (κ3) is 4.24. The van der Waals surface area contributed by atoms with Crippen molar-refractivity contribution in [1.82, 2.24) is 25.4 Å². The molecule has 6 rings (SSSR count). The molecule has 2 heterocycles. The van der Waals surface area contributed by atoms with Gasteiger partial charge in [-0.05, 0) is 75.3 Å². The zero-order chi connectivity index (χ0) is 21.4. The second kappa shape index (κ2) is 8.33. The van der Waals surface area contributed by atoms with Crippen LogP contribution in [0.1, 0.15) is 61.8 Å². The third-order valence-corrected chi connectivity index (χ3v) is 8.00. The first-order valence-electron chi connectivity index (χ1n) is 11.2. The van der Waals surface area contributed by atoms with E-state index in [9.17, 15) is 9.59 Å². The molecule has 0 atom stereocenters. The van der Waals surface area contributed by atoms with Crippen LogP contribution in [0.4, 0.5) is 0 Å². The molecule has 0 spiro atoms. The van der Waals surface area contributed by atoms with Crippen LogP contribution in [0.2, 0.25) is 0 Å². The van der Waals surface area contributed by atoms with Gasteiger partial charge in [0.15, 0.2) is 16.7 Å². The number of furan rings is 1. The topological polar surface area (TPSA) is 102 Å². The summed E-state index contributed by atoms with van der Waals surface area (Å²) in [7, 11) is 0. The van der Waals surface area contributed by atoms with E-state index in [0.717, 1.165) is 37.0 Å². The summed E-state index contributed by atoms with van der Waals surface area (Å²) < 4.78 is 7.04. The molecule has 2 aromatic rings. The Morgan fingerprint density at radius 1 is 1.19 bits per heavy atom. The van der Waals surface area contributed by atoms with Gasteiger partial charge in [-0.1, -0.05) is 11.8 Å². The lowest BCUT2D eigenvalue weighted by atomic mass is 9.53. The highest BCUT2D eigenvalue weighted by Crippen LogP contribution is 2.55. The number of nitrogens with zero attached hydrogens (tertiary/aromatic N) is 3. The summed E-state index contributed by atoms with van der Waals surface area (Å²) in [4.78, 5) is 24.9. The first kappa shape index (κ1) is 20.6. The molecule has 0 radical (unpaired) electrons. The van der Waals surface area contributed by atoms with Gasteiger partial charge in [-0.3, -0.25) is 9.59 Å². The minimum absolute atomic E-state index is 0.0338. The molecule has 4 aliphatic carbocycles. The number of aromatic nitrogens is 3. The molecule has 0 unspecified atom stereocenters. The highest BCUT2D eigenvalue weighted by atomic mass is 32.2. The molecule has 166 valence electrons. The molecule has 4 fully saturated rings. The maximum absolute atomic E-state index is 12.8. The van der Waals surface area contributed by atoms with E-state index < -0.39 is 0 Å². The maximum Gasteiger partial charge on any atom is 0.287 e. The lowest BCUT2D eigenvalue weighted by molar-refractivity contribution is -0.124. The highest BCUT2D eigenvalue weighted by molar-refractivity contribution is 7.99. The molecule has 31 heavy (non-hydrogen) atoms. The van der Waals surface area contributed by atoms with Gasteiger partial charge in [0.2, 0.25) is 5.91 Å². The second-order valence-corrected chi connectivity index (χ2v) is 10.3. The predicted molar refractivity (Wildman–Crippen MR) is 115 cm³/mol. The Bertz CT molecular complexity index is 919. The van der Waals surface area contributed by atoms with Gasteiger partial charge in [-0.2, -0.15) is 0 Å². The summed E-state index contributed by atoms with van der Waals surface area (Å²) in [5, 5.41) is 15.4. The SMILES string of the molecule is CCn1c(CNC(=O)c2ccco2)nnc1SCC(=O)NC12CC3CC(CC(C3)C1)C2. The standard InChI is InChI=1S/C22H29N5O3S/c1-2-27-18(12-23-20(29)17-4-3-5-30-17)25-26-21(27)31-13-19(28)24-22-9-14-6-15(10-22)8-16(7-14)11-22/h3-5,14-16H,2,6-13H2,1H3,(H,23,29)(H,24,28). The molecular weight excluding hydrogens is 414 g/mol. The van der Waals surface area contributed by atoms with Crippen molar-refractivity contribution in [3.05, 3.63) is 30.0 Å². The fraction of sp³-hybridized carbons (Fsp3) is 0.636. The van der Waals surface area contributed by atoms with E-state index in [4.69, 9.17) is 4.42 Å². The van der Waals surface area contributed by atoms with Crippen molar-refractivity contribution in [3.63, 3.8) is 0 Å². The van der Waals surface area contributed by atoms with E-state index in [2.05, 4.69) is 20.8 Å². The van der Waals surface area contributed by atoms with Crippen LogP contribution < -0.4 is 10.6 Å². The van der Waals surface area contributed by atoms with E-state index in [1.807, 2.05) is 11.5 Å². The van der Waals surface area contributed by atoms with Crippen molar-refractivity contribution in [2.24, 2.45) is 17.8 Å². The maximum atomic E-state index is 12.8. The van der Waals surface area contributed by atoms with Crippen LogP contribution in [-0.2, 0) is 17.9 Å². The summed E-state index contributed by atoms with van der Waals surface area (Å²) in [6, 6.07) is 3.29. The van der Waals surface area contributed by atoms with Gasteiger partial charge in [0.05, 0.1) is 18.6 Å². The van der Waals surface area contributed by atoms with E-state index in [0.29, 0.717) is 23.3 Å². The average Bonchev–Trinajstić information content (AvgIpc) is 3.39. The van der Waals surface area contributed by atoms with Crippen LogP contribution in [0, 0.1) is 17.8 Å². The van der Waals surface area contributed by atoms with Crippen molar-refractivity contribution >= 4 is 23.6 Å². The number of nitrogens with one attached hydrogen (secondary N) is 2. The van der Waals surface area contributed by atoms with Crippen LogP contribution >= 0.6 is 11.8 Å². The monoisotopic (exact) mass is 443 g/mol. The molecule has 4 aliphatic rings. The van der Waals surface area contributed by atoms with Crippen molar-refractivity contribution in [2.75, 3.05) is 5.75 Å². The van der Waals surface area contributed by atoms with Gasteiger partial charge >= 0.3 is 0 Å². The Labute approximate surface area is 185 Å². The number of carbonyl (C=O) groups is 2. The Kier molecular flexibility index (Phi) is 5.54. The van der Waals surface area contributed by atoms with Crippen LogP contribution in [0.5, 0.6) is 0 Å². The molecule has 9 heteroatoms. The average molecular weight is 444 g/mol. The molecular formula is C22H29N5O3S. The van der Waals surface area contributed by atoms with Crippen molar-refractivity contribution in [2.45, 2.75) is 69.2 Å². The molecule has 2 N–H and O–H groups in total. The zero-order valence-electron chi connectivity index (χ0n) is 17.8. The van der Waals surface area contributed by atoms with Crippen LogP contribution in [0.25, 0.3) is 0 Å². The molecule has 2 amide bonds. The molecule has 4 saturated carbocycles. The van der Waals surface area contributed by atoms with Gasteiger partial charge in [-0.15, -0.1) is 10.2 Å². The summed E-state index contributed by atoms with van der Waals surface area (Å²) in [5.41, 5.74) is 0.0338. The van der Waals surface area contributed by atoms with Crippen LogP contribution in [0.3, 0.4) is 0 Å². The number of hydrogen-bond donors (Lipinski definition) is 2. The minimum Gasteiger partial charge on any atom is -0.459 e. The van der Waals surface area contributed by atoms with Crippen LogP contribution in [-0.4, -0.2) is 37.9 Å². The van der Waals surface area contributed by atoms with Gasteiger partial charge in [-0.25, -0.2) is 0 Å². The van der Waals surface area contributed by atoms with E-state index in [1.54, 1.807) is 12.1 Å². The lowest BCUT2D eigenvalue weighted by Gasteiger charge is -2.56. The van der Waals surface area contributed by atoms with Crippen molar-refractivity contribution in [3.8, 4) is 0 Å². The lowest BCUT2D eigenvalue weighted by Crippen LogP contribution is -2.60. The summed E-state index contributed by atoms with van der Waals surface area (Å²) in [6.07, 6.45) is 9.01. The molecule has 0 saturated heterocycles. The van der Waals surface area contributed by atoms with Gasteiger partial charge < -0.3 is 19.6 Å². The zero-order valence-corrected chi connectivity index (χ0v) is 18.6. The molecule has 2 aromatic heterocycles. The minimum atomic E-state index is -0.292. The van der Waals surface area contributed by atoms with Crippen molar-refractivity contribution < 1.29 is 14.0 Å². The Hall–Kier alpha value is -2.29.